The Labute approximate surface area is 98.7 Å². The first-order chi connectivity index (χ1) is 7.55. The van der Waals surface area contributed by atoms with Gasteiger partial charge in [0.25, 0.3) is 0 Å². The quantitative estimate of drug-likeness (QED) is 0.820. The first-order valence-corrected chi connectivity index (χ1v) is 6.07. The molecular weight excluding hydrogens is 196 g/mol. The lowest BCUT2D eigenvalue weighted by molar-refractivity contribution is 0.403. The maximum atomic E-state index is 3.42. The van der Waals surface area contributed by atoms with Crippen LogP contribution in [0.5, 0.6) is 0 Å². The van der Waals surface area contributed by atoms with Gasteiger partial charge in [-0.15, -0.1) is 0 Å². The number of hydrogen-bond acceptors (Lipinski definition) is 2. The molecule has 1 saturated heterocycles. The summed E-state index contributed by atoms with van der Waals surface area (Å²) in [5, 5.41) is 3.42. The molecule has 2 heteroatoms. The maximum absolute atomic E-state index is 3.42. The minimum Gasteiger partial charge on any atom is -0.365 e. The molecule has 1 aromatic carbocycles. The fraction of sp³-hybridized carbons (Fsp3) is 0.571. The van der Waals surface area contributed by atoms with Crippen LogP contribution in [0.4, 0.5) is 5.69 Å². The lowest BCUT2D eigenvalue weighted by Crippen LogP contribution is -2.50. The Morgan fingerprint density at radius 3 is 2.38 bits per heavy atom. The van der Waals surface area contributed by atoms with E-state index in [0.717, 1.165) is 6.54 Å². The number of benzene rings is 1. The highest BCUT2D eigenvalue weighted by Crippen LogP contribution is 2.33. The molecule has 0 amide bonds. The van der Waals surface area contributed by atoms with Crippen LogP contribution < -0.4 is 10.2 Å². The molecule has 2 rings (SSSR count). The van der Waals surface area contributed by atoms with Crippen molar-refractivity contribution in [1.82, 2.24) is 5.32 Å². The summed E-state index contributed by atoms with van der Waals surface area (Å²) < 4.78 is 0. The Hall–Kier alpha value is -1.02. The van der Waals surface area contributed by atoms with Crippen molar-refractivity contribution in [3.05, 3.63) is 29.8 Å². The standard InChI is InChI=1S/C14H22N2/c1-11-5-7-12(8-6-11)16-10-9-13(15-4)14(16,2)3/h5-8,13,15H,9-10H2,1-4H3. The summed E-state index contributed by atoms with van der Waals surface area (Å²) in [6, 6.07) is 9.43. The van der Waals surface area contributed by atoms with Gasteiger partial charge in [-0.2, -0.15) is 0 Å². The van der Waals surface area contributed by atoms with Gasteiger partial charge in [-0.3, -0.25) is 0 Å². The van der Waals surface area contributed by atoms with Crippen LogP contribution in [0.25, 0.3) is 0 Å². The highest BCUT2D eigenvalue weighted by Gasteiger charge is 2.40. The number of rotatable bonds is 2. The predicted octanol–water partition coefficient (Wildman–Crippen LogP) is 2.57. The van der Waals surface area contributed by atoms with Crippen LogP contribution in [0.15, 0.2) is 24.3 Å². The van der Waals surface area contributed by atoms with Gasteiger partial charge in [-0.25, -0.2) is 0 Å². The summed E-state index contributed by atoms with van der Waals surface area (Å²) in [6.45, 7) is 7.92. The highest BCUT2D eigenvalue weighted by molar-refractivity contribution is 5.51. The van der Waals surface area contributed by atoms with E-state index in [-0.39, 0.29) is 5.54 Å². The smallest absolute Gasteiger partial charge is 0.0499 e. The average Bonchev–Trinajstić information content (AvgIpc) is 2.54. The molecule has 1 fully saturated rings. The van der Waals surface area contributed by atoms with Crippen molar-refractivity contribution in [1.29, 1.82) is 0 Å². The molecule has 1 aliphatic heterocycles. The van der Waals surface area contributed by atoms with Crippen molar-refractivity contribution >= 4 is 5.69 Å². The van der Waals surface area contributed by atoms with E-state index >= 15 is 0 Å². The Balaban J connectivity index is 2.26. The van der Waals surface area contributed by atoms with Crippen molar-refractivity contribution in [3.63, 3.8) is 0 Å². The molecule has 0 aromatic heterocycles. The van der Waals surface area contributed by atoms with Crippen LogP contribution in [0, 0.1) is 6.92 Å². The Bertz CT molecular complexity index is 354. The van der Waals surface area contributed by atoms with Gasteiger partial charge in [-0.1, -0.05) is 17.7 Å². The second-order valence-corrected chi connectivity index (χ2v) is 5.27. The Morgan fingerprint density at radius 2 is 1.88 bits per heavy atom. The molecule has 1 aromatic rings. The molecule has 16 heavy (non-hydrogen) atoms. The molecule has 0 radical (unpaired) electrons. The normalized spacial score (nSPS) is 23.8. The molecule has 0 spiro atoms. The van der Waals surface area contributed by atoms with E-state index in [9.17, 15) is 0 Å². The Morgan fingerprint density at radius 1 is 1.25 bits per heavy atom. The summed E-state index contributed by atoms with van der Waals surface area (Å²) in [4.78, 5) is 2.51. The minimum atomic E-state index is 0.198. The first kappa shape index (κ1) is 11.5. The van der Waals surface area contributed by atoms with E-state index in [0.29, 0.717) is 6.04 Å². The topological polar surface area (TPSA) is 15.3 Å². The molecule has 1 heterocycles. The van der Waals surface area contributed by atoms with Gasteiger partial charge in [-0.05, 0) is 46.4 Å². The second-order valence-electron chi connectivity index (χ2n) is 5.27. The van der Waals surface area contributed by atoms with Crippen LogP contribution in [0.3, 0.4) is 0 Å². The van der Waals surface area contributed by atoms with Crippen LogP contribution in [0.1, 0.15) is 25.8 Å². The monoisotopic (exact) mass is 218 g/mol. The van der Waals surface area contributed by atoms with E-state index in [2.05, 4.69) is 62.3 Å². The molecule has 0 saturated carbocycles. The van der Waals surface area contributed by atoms with Crippen LogP contribution in [0.2, 0.25) is 0 Å². The predicted molar refractivity (Wildman–Crippen MR) is 70.1 cm³/mol. The van der Waals surface area contributed by atoms with Crippen LogP contribution in [-0.2, 0) is 0 Å². The number of likely N-dealkylation sites (N-methyl/N-ethyl adjacent to an activating group) is 1. The number of nitrogens with one attached hydrogen (secondary N) is 1. The summed E-state index contributed by atoms with van der Waals surface area (Å²) >= 11 is 0. The molecule has 1 N–H and O–H groups in total. The van der Waals surface area contributed by atoms with E-state index in [1.165, 1.54) is 17.7 Å². The van der Waals surface area contributed by atoms with E-state index < -0.39 is 0 Å². The fourth-order valence-corrected chi connectivity index (χ4v) is 2.77. The third kappa shape index (κ3) is 1.82. The Kier molecular flexibility index (Phi) is 2.94. The lowest BCUT2D eigenvalue weighted by atomic mass is 9.95. The van der Waals surface area contributed by atoms with Crippen molar-refractivity contribution in [2.24, 2.45) is 0 Å². The molecular formula is C14H22N2. The summed E-state index contributed by atoms with van der Waals surface area (Å²) in [5.41, 5.74) is 2.86. The molecule has 2 nitrogen and oxygen atoms in total. The first-order valence-electron chi connectivity index (χ1n) is 6.07. The minimum absolute atomic E-state index is 0.198. The number of aryl methyl sites for hydroxylation is 1. The number of hydrogen-bond donors (Lipinski definition) is 1. The van der Waals surface area contributed by atoms with Crippen LogP contribution >= 0.6 is 0 Å². The van der Waals surface area contributed by atoms with Crippen molar-refractivity contribution in [2.45, 2.75) is 38.8 Å². The molecule has 1 aliphatic rings. The zero-order valence-corrected chi connectivity index (χ0v) is 10.7. The third-order valence-corrected chi connectivity index (χ3v) is 3.88. The van der Waals surface area contributed by atoms with Crippen molar-refractivity contribution in [2.75, 3.05) is 18.5 Å². The molecule has 88 valence electrons. The van der Waals surface area contributed by atoms with Gasteiger partial charge >= 0.3 is 0 Å². The molecule has 1 atom stereocenters. The number of nitrogens with zero attached hydrogens (tertiary/aromatic N) is 1. The van der Waals surface area contributed by atoms with Crippen molar-refractivity contribution in [3.8, 4) is 0 Å². The zero-order valence-electron chi connectivity index (χ0n) is 10.7. The molecule has 0 aliphatic carbocycles. The van der Waals surface area contributed by atoms with Gasteiger partial charge in [0.1, 0.15) is 0 Å². The van der Waals surface area contributed by atoms with Gasteiger partial charge in [0, 0.05) is 23.8 Å². The lowest BCUT2D eigenvalue weighted by Gasteiger charge is -2.37. The SMILES string of the molecule is CNC1CCN(c2ccc(C)cc2)C1(C)C. The largest absolute Gasteiger partial charge is 0.365 e. The van der Waals surface area contributed by atoms with E-state index in [1.807, 2.05) is 0 Å². The molecule has 1 unspecified atom stereocenters. The van der Waals surface area contributed by atoms with E-state index in [1.54, 1.807) is 0 Å². The second kappa shape index (κ2) is 4.10. The van der Waals surface area contributed by atoms with Gasteiger partial charge in [0.2, 0.25) is 0 Å². The zero-order chi connectivity index (χ0) is 11.8. The number of anilines is 1. The summed E-state index contributed by atoms with van der Waals surface area (Å²) in [7, 11) is 2.06. The van der Waals surface area contributed by atoms with Gasteiger partial charge in [0.15, 0.2) is 0 Å². The summed E-state index contributed by atoms with van der Waals surface area (Å²) in [5.74, 6) is 0. The molecule has 0 bridgehead atoms. The van der Waals surface area contributed by atoms with Gasteiger partial charge < -0.3 is 10.2 Å². The van der Waals surface area contributed by atoms with Gasteiger partial charge in [0.05, 0.1) is 0 Å². The highest BCUT2D eigenvalue weighted by atomic mass is 15.3. The summed E-state index contributed by atoms with van der Waals surface area (Å²) in [6.07, 6.45) is 1.22. The van der Waals surface area contributed by atoms with Crippen molar-refractivity contribution < 1.29 is 0 Å². The van der Waals surface area contributed by atoms with Crippen LogP contribution in [-0.4, -0.2) is 25.2 Å². The third-order valence-electron chi connectivity index (χ3n) is 3.88. The fourth-order valence-electron chi connectivity index (χ4n) is 2.77. The van der Waals surface area contributed by atoms with E-state index in [4.69, 9.17) is 0 Å². The average molecular weight is 218 g/mol. The maximum Gasteiger partial charge on any atom is 0.0499 e.